The number of anilines is 2. The van der Waals surface area contributed by atoms with Gasteiger partial charge in [-0.2, -0.15) is 5.10 Å². The average Bonchev–Trinajstić information content (AvgIpc) is 3.15. The highest BCUT2D eigenvalue weighted by Crippen LogP contribution is 2.36. The van der Waals surface area contributed by atoms with Crippen molar-refractivity contribution in [2.75, 3.05) is 10.5 Å². The van der Waals surface area contributed by atoms with Gasteiger partial charge in [0.15, 0.2) is 0 Å². The van der Waals surface area contributed by atoms with Crippen LogP contribution in [0, 0.1) is 15.2 Å². The van der Waals surface area contributed by atoms with Crippen molar-refractivity contribution in [1.29, 1.82) is 0 Å². The van der Waals surface area contributed by atoms with Gasteiger partial charge in [0.2, 0.25) is 0 Å². The van der Waals surface area contributed by atoms with Gasteiger partial charge in [0, 0.05) is 17.8 Å². The van der Waals surface area contributed by atoms with Crippen LogP contribution in [-0.4, -0.2) is 23.2 Å². The monoisotopic (exact) mass is 569 g/mol. The van der Waals surface area contributed by atoms with Crippen molar-refractivity contribution >= 4 is 55.0 Å². The zero-order chi connectivity index (χ0) is 23.2. The van der Waals surface area contributed by atoms with Crippen LogP contribution < -0.4 is 10.5 Å². The molecule has 7 nitrogen and oxygen atoms in total. The van der Waals surface area contributed by atoms with E-state index < -0.39 is 26.6 Å². The Morgan fingerprint density at radius 2 is 1.84 bits per heavy atom. The lowest BCUT2D eigenvalue weighted by Gasteiger charge is -2.10. The van der Waals surface area contributed by atoms with Gasteiger partial charge in [-0.25, -0.2) is 22.2 Å². The first-order valence-electron chi connectivity index (χ1n) is 9.49. The van der Waals surface area contributed by atoms with Crippen molar-refractivity contribution < 1.29 is 17.2 Å². The van der Waals surface area contributed by atoms with Crippen LogP contribution in [0.1, 0.15) is 19.9 Å². The van der Waals surface area contributed by atoms with E-state index in [4.69, 9.17) is 5.73 Å². The normalized spacial score (nSPS) is 11.9. The molecule has 3 N–H and O–H groups in total. The summed E-state index contributed by atoms with van der Waals surface area (Å²) in [6, 6.07) is 8.83. The summed E-state index contributed by atoms with van der Waals surface area (Å²) in [4.78, 5) is 3.62. The van der Waals surface area contributed by atoms with E-state index in [0.29, 0.717) is 16.6 Å². The molecule has 0 fully saturated rings. The van der Waals surface area contributed by atoms with E-state index in [1.54, 1.807) is 10.9 Å². The van der Waals surface area contributed by atoms with Gasteiger partial charge in [0.25, 0.3) is 10.0 Å². The second kappa shape index (κ2) is 8.28. The summed E-state index contributed by atoms with van der Waals surface area (Å²) >= 11 is 2.14. The molecule has 2 heterocycles. The summed E-state index contributed by atoms with van der Waals surface area (Å²) in [6.45, 7) is 3.92. The number of nitrogens with two attached hydrogens (primary N) is 1. The van der Waals surface area contributed by atoms with Gasteiger partial charge in [-0.15, -0.1) is 0 Å². The van der Waals surface area contributed by atoms with Gasteiger partial charge in [-0.3, -0.25) is 9.40 Å². The first-order chi connectivity index (χ1) is 15.1. The van der Waals surface area contributed by atoms with Gasteiger partial charge in [0.05, 0.1) is 20.2 Å². The number of nitrogens with zero attached hydrogens (tertiary/aromatic N) is 3. The standard InChI is InChI=1S/C21H18F2IN5O2S/c1-11(2)29-20-15(24)10-26-21(25)18(20)19(27-29)12-7-8-16(14(23)9-12)28-32(30,31)17-6-4-3-5-13(17)22/h3-11,28H,1-2H3,(H2,25,26). The Labute approximate surface area is 196 Å². The van der Waals surface area contributed by atoms with E-state index >= 15 is 0 Å². The summed E-state index contributed by atoms with van der Waals surface area (Å²) in [5.41, 5.74) is 7.42. The summed E-state index contributed by atoms with van der Waals surface area (Å²) in [6.07, 6.45) is 1.64. The number of pyridine rings is 1. The molecule has 0 saturated heterocycles. The van der Waals surface area contributed by atoms with Crippen LogP contribution in [0.2, 0.25) is 0 Å². The molecule has 4 rings (SSSR count). The lowest BCUT2D eigenvalue weighted by atomic mass is 10.1. The molecule has 0 aliphatic carbocycles. The molecule has 0 aliphatic rings. The Morgan fingerprint density at radius 3 is 2.50 bits per heavy atom. The number of benzene rings is 2. The van der Waals surface area contributed by atoms with Crippen LogP contribution in [0.4, 0.5) is 20.3 Å². The smallest absolute Gasteiger partial charge is 0.264 e. The minimum absolute atomic E-state index is 0.0123. The second-order valence-corrected chi connectivity index (χ2v) is 10.1. The van der Waals surface area contributed by atoms with E-state index in [1.165, 1.54) is 24.3 Å². The molecule has 0 amide bonds. The van der Waals surface area contributed by atoms with Crippen LogP contribution in [0.3, 0.4) is 0 Å². The largest absolute Gasteiger partial charge is 0.383 e. The molecular weight excluding hydrogens is 551 g/mol. The quantitative estimate of drug-likeness (QED) is 0.332. The number of fused-ring (bicyclic) bond motifs is 1. The topological polar surface area (TPSA) is 103 Å². The molecule has 0 spiro atoms. The Balaban J connectivity index is 1.79. The molecule has 32 heavy (non-hydrogen) atoms. The van der Waals surface area contributed by atoms with Crippen molar-refractivity contribution in [3.05, 3.63) is 63.9 Å². The number of hydrogen-bond acceptors (Lipinski definition) is 5. The third-order valence-corrected chi connectivity index (χ3v) is 7.00. The molecule has 11 heteroatoms. The first kappa shape index (κ1) is 22.4. The third kappa shape index (κ3) is 3.90. The second-order valence-electron chi connectivity index (χ2n) is 7.33. The van der Waals surface area contributed by atoms with Crippen molar-refractivity contribution in [3.8, 4) is 11.3 Å². The first-order valence-corrected chi connectivity index (χ1v) is 12.1. The van der Waals surface area contributed by atoms with Gasteiger partial charge in [0.1, 0.15) is 28.0 Å². The van der Waals surface area contributed by atoms with Crippen LogP contribution in [0.25, 0.3) is 22.2 Å². The molecule has 0 aliphatic heterocycles. The lowest BCUT2D eigenvalue weighted by Crippen LogP contribution is -2.15. The fourth-order valence-electron chi connectivity index (χ4n) is 3.34. The van der Waals surface area contributed by atoms with E-state index in [1.807, 2.05) is 13.8 Å². The molecule has 0 atom stereocenters. The Hall–Kier alpha value is -2.80. The Kier molecular flexibility index (Phi) is 5.79. The van der Waals surface area contributed by atoms with Crippen LogP contribution in [0.5, 0.6) is 0 Å². The molecule has 2 aromatic heterocycles. The van der Waals surface area contributed by atoms with Gasteiger partial charge in [-0.1, -0.05) is 18.2 Å². The molecule has 0 bridgehead atoms. The minimum Gasteiger partial charge on any atom is -0.383 e. The summed E-state index contributed by atoms with van der Waals surface area (Å²) in [7, 11) is -4.31. The van der Waals surface area contributed by atoms with Crippen molar-refractivity contribution in [3.63, 3.8) is 0 Å². The third-order valence-electron chi connectivity index (χ3n) is 4.81. The number of nitrogen functional groups attached to an aromatic ring is 1. The van der Waals surface area contributed by atoms with Crippen LogP contribution in [-0.2, 0) is 10.0 Å². The summed E-state index contributed by atoms with van der Waals surface area (Å²) < 4.78 is 58.6. The molecule has 4 aromatic rings. The maximum absolute atomic E-state index is 14.9. The van der Waals surface area contributed by atoms with Gasteiger partial charge >= 0.3 is 0 Å². The zero-order valence-electron chi connectivity index (χ0n) is 17.0. The number of aromatic nitrogens is 3. The van der Waals surface area contributed by atoms with E-state index in [0.717, 1.165) is 27.3 Å². The fourth-order valence-corrected chi connectivity index (χ4v) is 5.14. The Morgan fingerprint density at radius 1 is 1.12 bits per heavy atom. The van der Waals surface area contributed by atoms with Crippen molar-refractivity contribution in [2.24, 2.45) is 0 Å². The van der Waals surface area contributed by atoms with E-state index in [-0.39, 0.29) is 17.5 Å². The lowest BCUT2D eigenvalue weighted by molar-refractivity contribution is 0.551. The highest BCUT2D eigenvalue weighted by molar-refractivity contribution is 14.1. The molecule has 0 saturated carbocycles. The van der Waals surface area contributed by atoms with Crippen molar-refractivity contribution in [2.45, 2.75) is 24.8 Å². The SMILES string of the molecule is CC(C)n1nc(-c2ccc(NS(=O)(=O)c3ccccc3F)c(F)c2)c2c(N)ncc(I)c21. The maximum Gasteiger partial charge on any atom is 0.264 e. The molecular formula is C21H18F2IN5O2S. The highest BCUT2D eigenvalue weighted by atomic mass is 127. The Bertz CT molecular complexity index is 1450. The number of halogens is 3. The molecule has 166 valence electrons. The summed E-state index contributed by atoms with van der Waals surface area (Å²) in [5, 5.41) is 5.21. The average molecular weight is 569 g/mol. The predicted octanol–water partition coefficient (Wildman–Crippen LogP) is 4.95. The van der Waals surface area contributed by atoms with Crippen LogP contribution >= 0.6 is 22.6 Å². The van der Waals surface area contributed by atoms with E-state index in [2.05, 4.69) is 37.4 Å². The number of hydrogen-bond donors (Lipinski definition) is 2. The van der Waals surface area contributed by atoms with Crippen LogP contribution in [0.15, 0.2) is 53.6 Å². The maximum atomic E-state index is 14.9. The predicted molar refractivity (Wildman–Crippen MR) is 128 cm³/mol. The van der Waals surface area contributed by atoms with Crippen molar-refractivity contribution in [1.82, 2.24) is 14.8 Å². The van der Waals surface area contributed by atoms with Gasteiger partial charge in [-0.05, 0) is 60.7 Å². The molecule has 0 unspecified atom stereocenters. The molecule has 0 radical (unpaired) electrons. The number of sulfonamides is 1. The number of rotatable bonds is 5. The summed E-state index contributed by atoms with van der Waals surface area (Å²) in [5.74, 6) is -1.51. The highest BCUT2D eigenvalue weighted by Gasteiger charge is 2.23. The van der Waals surface area contributed by atoms with E-state index in [9.17, 15) is 17.2 Å². The minimum atomic E-state index is -4.31. The molecule has 2 aromatic carbocycles. The zero-order valence-corrected chi connectivity index (χ0v) is 19.9. The van der Waals surface area contributed by atoms with Gasteiger partial charge < -0.3 is 5.73 Å². The fraction of sp³-hybridized carbons (Fsp3) is 0.143. The number of nitrogens with one attached hydrogen (secondary N) is 1.